The molecule has 0 atom stereocenters. The normalized spacial score (nSPS) is 10.4. The molecule has 0 heterocycles. The minimum Gasteiger partial charge on any atom is -0.488 e. The average Bonchev–Trinajstić information content (AvgIpc) is 2.78. The van der Waals surface area contributed by atoms with Crippen molar-refractivity contribution in [2.75, 3.05) is 18.9 Å². The number of para-hydroxylation sites is 2. The first-order chi connectivity index (χ1) is 15.0. The van der Waals surface area contributed by atoms with Crippen LogP contribution in [0, 0.1) is 0 Å². The fourth-order valence-corrected chi connectivity index (χ4v) is 3.36. The molecule has 0 radical (unpaired) electrons. The molecule has 0 aliphatic carbocycles. The van der Waals surface area contributed by atoms with Crippen molar-refractivity contribution < 1.29 is 14.3 Å². The fraction of sp³-hybridized carbons (Fsp3) is 0.200. The van der Waals surface area contributed by atoms with Gasteiger partial charge < -0.3 is 15.0 Å². The first-order valence-corrected chi connectivity index (χ1v) is 10.5. The Balaban J connectivity index is 1.66. The highest BCUT2D eigenvalue weighted by molar-refractivity contribution is 6.31. The van der Waals surface area contributed by atoms with Crippen molar-refractivity contribution >= 4 is 29.1 Å². The molecule has 3 aromatic rings. The summed E-state index contributed by atoms with van der Waals surface area (Å²) in [5, 5.41) is 3.49. The summed E-state index contributed by atoms with van der Waals surface area (Å²) < 4.78 is 5.87. The number of hydrogen-bond acceptors (Lipinski definition) is 3. The highest BCUT2D eigenvalue weighted by Gasteiger charge is 2.19. The predicted octanol–water partition coefficient (Wildman–Crippen LogP) is 5.19. The summed E-state index contributed by atoms with van der Waals surface area (Å²) in [5.74, 6) is -0.115. The van der Waals surface area contributed by atoms with Crippen LogP contribution in [0.4, 0.5) is 5.69 Å². The minimum atomic E-state index is -0.298. The zero-order chi connectivity index (χ0) is 22.2. The van der Waals surface area contributed by atoms with Crippen LogP contribution in [0.1, 0.15) is 28.4 Å². The fourth-order valence-electron chi connectivity index (χ4n) is 3.17. The van der Waals surface area contributed by atoms with Gasteiger partial charge in [-0.1, -0.05) is 67.1 Å². The molecule has 0 aromatic heterocycles. The quantitative estimate of drug-likeness (QED) is 0.528. The summed E-state index contributed by atoms with van der Waals surface area (Å²) >= 11 is 6.19. The molecule has 0 bridgehead atoms. The van der Waals surface area contributed by atoms with Gasteiger partial charge in [0, 0.05) is 23.3 Å². The van der Waals surface area contributed by atoms with E-state index in [0.29, 0.717) is 16.3 Å². The van der Waals surface area contributed by atoms with Gasteiger partial charge in [-0.3, -0.25) is 9.59 Å². The van der Waals surface area contributed by atoms with E-state index in [0.717, 1.165) is 23.2 Å². The lowest BCUT2D eigenvalue weighted by molar-refractivity contribution is -0.116. The number of nitrogens with zero attached hydrogens (tertiary/aromatic N) is 1. The van der Waals surface area contributed by atoms with E-state index in [1.54, 1.807) is 37.4 Å². The number of nitrogens with one attached hydrogen (secondary N) is 1. The number of aryl methyl sites for hydroxylation is 1. The van der Waals surface area contributed by atoms with Crippen molar-refractivity contribution in [1.82, 2.24) is 4.90 Å². The van der Waals surface area contributed by atoms with Gasteiger partial charge in [0.25, 0.3) is 5.91 Å². The van der Waals surface area contributed by atoms with Crippen LogP contribution >= 0.6 is 11.6 Å². The van der Waals surface area contributed by atoms with Gasteiger partial charge in [-0.05, 0) is 36.2 Å². The van der Waals surface area contributed by atoms with E-state index >= 15 is 0 Å². The maximum atomic E-state index is 13.0. The smallest absolute Gasteiger partial charge is 0.257 e. The number of likely N-dealkylation sites (N-methyl/N-ethyl adjacent to an activating group) is 1. The third-order valence-corrected chi connectivity index (χ3v) is 5.23. The molecule has 0 aliphatic rings. The molecule has 1 N–H and O–H groups in total. The summed E-state index contributed by atoms with van der Waals surface area (Å²) in [7, 11) is 1.60. The van der Waals surface area contributed by atoms with Crippen LogP contribution in [0.5, 0.6) is 5.75 Å². The zero-order valence-corrected chi connectivity index (χ0v) is 18.4. The molecular weight excluding hydrogens is 412 g/mol. The van der Waals surface area contributed by atoms with Gasteiger partial charge in [0.05, 0.1) is 12.1 Å². The number of halogens is 1. The molecule has 0 spiro atoms. The number of anilines is 1. The number of rotatable bonds is 8. The summed E-state index contributed by atoms with van der Waals surface area (Å²) in [4.78, 5) is 26.9. The van der Waals surface area contributed by atoms with Crippen LogP contribution in [0.15, 0.2) is 72.8 Å². The Labute approximate surface area is 187 Å². The van der Waals surface area contributed by atoms with Gasteiger partial charge in [0.2, 0.25) is 5.91 Å². The molecule has 0 saturated carbocycles. The van der Waals surface area contributed by atoms with Crippen molar-refractivity contribution in [1.29, 1.82) is 0 Å². The summed E-state index contributed by atoms with van der Waals surface area (Å²) in [6.45, 7) is 2.19. The lowest BCUT2D eigenvalue weighted by Crippen LogP contribution is -2.35. The van der Waals surface area contributed by atoms with Crippen molar-refractivity contribution in [2.45, 2.75) is 20.0 Å². The van der Waals surface area contributed by atoms with Crippen LogP contribution in [0.3, 0.4) is 0 Å². The first kappa shape index (κ1) is 22.4. The summed E-state index contributed by atoms with van der Waals surface area (Å²) in [6, 6.07) is 22.0. The van der Waals surface area contributed by atoms with Crippen LogP contribution in [0.2, 0.25) is 5.02 Å². The molecule has 3 rings (SSSR count). The van der Waals surface area contributed by atoms with Crippen LogP contribution in [0.25, 0.3) is 0 Å². The third-order valence-electron chi connectivity index (χ3n) is 4.86. The molecule has 0 fully saturated rings. The Morgan fingerprint density at radius 1 is 0.935 bits per heavy atom. The molecule has 0 aliphatic heterocycles. The molecule has 6 heteroatoms. The van der Waals surface area contributed by atoms with Crippen LogP contribution < -0.4 is 10.1 Å². The van der Waals surface area contributed by atoms with Gasteiger partial charge in [0.15, 0.2) is 0 Å². The Bertz CT molecular complexity index is 1070. The highest BCUT2D eigenvalue weighted by Crippen LogP contribution is 2.23. The van der Waals surface area contributed by atoms with E-state index in [-0.39, 0.29) is 25.0 Å². The van der Waals surface area contributed by atoms with Gasteiger partial charge in [-0.15, -0.1) is 0 Å². The standard InChI is InChI=1S/C25H25ClN2O3/c1-3-18-10-5-8-14-22(18)27-24(29)16-28(2)25(30)20-12-6-9-15-23(20)31-17-19-11-4-7-13-21(19)26/h4-15H,3,16-17H2,1-2H3,(H,27,29). The second-order valence-corrected chi connectivity index (χ2v) is 7.50. The molecule has 0 unspecified atom stereocenters. The topological polar surface area (TPSA) is 58.6 Å². The van der Waals surface area contributed by atoms with Gasteiger partial charge in [-0.2, -0.15) is 0 Å². The van der Waals surface area contributed by atoms with E-state index in [9.17, 15) is 9.59 Å². The largest absolute Gasteiger partial charge is 0.488 e. The molecule has 3 aromatic carbocycles. The number of amides is 2. The van der Waals surface area contributed by atoms with E-state index in [4.69, 9.17) is 16.3 Å². The molecule has 31 heavy (non-hydrogen) atoms. The second kappa shape index (κ2) is 10.6. The number of carbonyl (C=O) groups is 2. The number of ether oxygens (including phenoxy) is 1. The average molecular weight is 437 g/mol. The van der Waals surface area contributed by atoms with E-state index in [1.165, 1.54) is 4.90 Å². The molecular formula is C25H25ClN2O3. The van der Waals surface area contributed by atoms with E-state index < -0.39 is 0 Å². The highest BCUT2D eigenvalue weighted by atomic mass is 35.5. The Hall–Kier alpha value is -3.31. The molecule has 0 saturated heterocycles. The maximum absolute atomic E-state index is 13.0. The van der Waals surface area contributed by atoms with Crippen molar-refractivity contribution in [3.63, 3.8) is 0 Å². The lowest BCUT2D eigenvalue weighted by Gasteiger charge is -2.19. The lowest BCUT2D eigenvalue weighted by atomic mass is 10.1. The van der Waals surface area contributed by atoms with Gasteiger partial charge in [0.1, 0.15) is 12.4 Å². The van der Waals surface area contributed by atoms with Crippen LogP contribution in [-0.4, -0.2) is 30.3 Å². The van der Waals surface area contributed by atoms with Crippen molar-refractivity contribution in [2.24, 2.45) is 0 Å². The monoisotopic (exact) mass is 436 g/mol. The van der Waals surface area contributed by atoms with Gasteiger partial charge in [-0.25, -0.2) is 0 Å². The Morgan fingerprint density at radius 3 is 2.32 bits per heavy atom. The first-order valence-electron chi connectivity index (χ1n) is 10.1. The molecule has 2 amide bonds. The predicted molar refractivity (Wildman–Crippen MR) is 124 cm³/mol. The Kier molecular flexibility index (Phi) is 7.68. The minimum absolute atomic E-state index is 0.0737. The van der Waals surface area contributed by atoms with E-state index in [1.807, 2.05) is 49.4 Å². The summed E-state index contributed by atoms with van der Waals surface area (Å²) in [5.41, 5.74) is 3.02. The maximum Gasteiger partial charge on any atom is 0.257 e. The second-order valence-electron chi connectivity index (χ2n) is 7.10. The molecule has 5 nitrogen and oxygen atoms in total. The number of carbonyl (C=O) groups excluding carboxylic acids is 2. The van der Waals surface area contributed by atoms with Gasteiger partial charge >= 0.3 is 0 Å². The SMILES string of the molecule is CCc1ccccc1NC(=O)CN(C)C(=O)c1ccccc1OCc1ccccc1Cl. The number of benzene rings is 3. The van der Waals surface area contributed by atoms with Crippen molar-refractivity contribution in [3.05, 3.63) is 94.5 Å². The van der Waals surface area contributed by atoms with E-state index in [2.05, 4.69) is 5.32 Å². The van der Waals surface area contributed by atoms with Crippen LogP contribution in [-0.2, 0) is 17.8 Å². The number of hydrogen-bond donors (Lipinski definition) is 1. The third kappa shape index (κ3) is 5.86. The summed E-state index contributed by atoms with van der Waals surface area (Å²) in [6.07, 6.45) is 0.807. The Morgan fingerprint density at radius 2 is 1.58 bits per heavy atom. The van der Waals surface area contributed by atoms with Crippen molar-refractivity contribution in [3.8, 4) is 5.75 Å². The molecule has 160 valence electrons. The zero-order valence-electron chi connectivity index (χ0n) is 17.6.